The monoisotopic (exact) mass is 915 g/mol. The number of rotatable bonds is 14. The fourth-order valence-corrected chi connectivity index (χ4v) is 6.08. The normalized spacial score (nSPS) is 9.43. The van der Waals surface area contributed by atoms with Crippen molar-refractivity contribution in [3.63, 3.8) is 0 Å². The van der Waals surface area contributed by atoms with Crippen molar-refractivity contribution in [3.05, 3.63) is 204 Å². The zero-order chi connectivity index (χ0) is 50.6. The smallest absolute Gasteiger partial charge is 0.231 e. The third kappa shape index (κ3) is 33.4. The average Bonchev–Trinajstić information content (AvgIpc) is 3.43. The number of carbonyl (C=O) groups excluding carboxylic acids is 2. The topological polar surface area (TPSA) is 58.2 Å². The zero-order valence-electron chi connectivity index (χ0n) is 44.5. The van der Waals surface area contributed by atoms with Crippen LogP contribution >= 0.6 is 0 Å². The molecule has 6 rings (SSSR count). The molecule has 2 N–H and O–H groups in total. The summed E-state index contributed by atoms with van der Waals surface area (Å²) in [6.45, 7) is 32.0. The van der Waals surface area contributed by atoms with Crippen molar-refractivity contribution in [1.29, 1.82) is 0 Å². The van der Waals surface area contributed by atoms with Gasteiger partial charge in [-0.1, -0.05) is 276 Å². The van der Waals surface area contributed by atoms with Gasteiger partial charge in [0.25, 0.3) is 0 Å². The molecule has 0 aliphatic carbocycles. The maximum atomic E-state index is 12.8. The van der Waals surface area contributed by atoms with E-state index >= 15 is 0 Å². The fourth-order valence-electron chi connectivity index (χ4n) is 6.08. The van der Waals surface area contributed by atoms with Gasteiger partial charge in [-0.2, -0.15) is 0 Å². The molecule has 0 saturated heterocycles. The molecule has 2 amide bonds. The van der Waals surface area contributed by atoms with Crippen molar-refractivity contribution in [2.24, 2.45) is 0 Å². The number of hydrogen-bond acceptors (Lipinski definition) is 2. The first-order valence-electron chi connectivity index (χ1n) is 25.6. The van der Waals surface area contributed by atoms with Gasteiger partial charge in [0, 0.05) is 11.4 Å². The maximum absolute atomic E-state index is 12.8. The second-order valence-electron chi connectivity index (χ2n) is 12.4. The van der Waals surface area contributed by atoms with Gasteiger partial charge in [-0.25, -0.2) is 0 Å². The Hall–Kier alpha value is -5.74. The van der Waals surface area contributed by atoms with E-state index in [0.717, 1.165) is 61.0 Å². The maximum Gasteiger partial charge on any atom is 0.231 e. The minimum absolute atomic E-state index is 0. The van der Waals surface area contributed by atoms with Gasteiger partial charge >= 0.3 is 0 Å². The summed E-state index contributed by atoms with van der Waals surface area (Å²) in [6, 6.07) is 60.3. The van der Waals surface area contributed by atoms with E-state index in [2.05, 4.69) is 59.2 Å². The number of hydrogen-bond donors (Lipinski definition) is 2. The van der Waals surface area contributed by atoms with Crippen LogP contribution in [0.15, 0.2) is 182 Å². The molecular weight excluding hydrogens is 817 g/mol. The number of benzene rings is 6. The van der Waals surface area contributed by atoms with Crippen LogP contribution in [0.2, 0.25) is 0 Å². The number of para-hydroxylation sites is 2. The summed E-state index contributed by atoms with van der Waals surface area (Å²) in [7, 11) is 0. The Morgan fingerprint density at radius 1 is 0.328 bits per heavy atom. The van der Waals surface area contributed by atoms with Crippen molar-refractivity contribution in [2.75, 3.05) is 10.6 Å². The minimum atomic E-state index is -0.134. The van der Waals surface area contributed by atoms with Crippen molar-refractivity contribution in [3.8, 4) is 0 Å². The Kier molecular flexibility index (Phi) is 57.3. The van der Waals surface area contributed by atoms with Gasteiger partial charge in [-0.05, 0) is 85.0 Å². The molecule has 4 heteroatoms. The molecule has 6 aromatic carbocycles. The highest BCUT2D eigenvalue weighted by molar-refractivity contribution is 5.96. The van der Waals surface area contributed by atoms with E-state index in [1.165, 1.54) is 11.1 Å². The summed E-state index contributed by atoms with van der Waals surface area (Å²) in [6.07, 6.45) is 5.60. The Bertz CT molecular complexity index is 1680. The number of nitrogens with one attached hydrogen (secondary N) is 2. The number of aryl methyl sites for hydroxylation is 2. The fraction of sp³-hybridized carbons (Fsp3) is 0.397. The molecule has 2 atom stereocenters. The van der Waals surface area contributed by atoms with Crippen molar-refractivity contribution in [2.45, 2.75) is 169 Å². The molecule has 4 nitrogen and oxygen atoms in total. The largest absolute Gasteiger partial charge is 0.326 e. The van der Waals surface area contributed by atoms with Gasteiger partial charge in [0.2, 0.25) is 11.8 Å². The first-order valence-corrected chi connectivity index (χ1v) is 25.6. The SMILES string of the molecule is C.CC.CC.CC.CC.CC.CC.CC.CC.O=C(Nc1ccccc1)[C@@H](CCCc1ccccc1)c1ccccc1.O=C(Nc1ccccc1)[C@H](CCCc1ccccc1)c1ccccc1. The number of carbonyl (C=O) groups is 2. The Labute approximate surface area is 414 Å². The van der Waals surface area contributed by atoms with Crippen LogP contribution < -0.4 is 10.6 Å². The summed E-state index contributed by atoms with van der Waals surface area (Å²) in [5.41, 5.74) is 6.47. The summed E-state index contributed by atoms with van der Waals surface area (Å²) < 4.78 is 0. The Morgan fingerprint density at radius 3 is 0.776 bits per heavy atom. The predicted octanol–water partition coefficient (Wildman–Crippen LogP) is 19.7. The summed E-state index contributed by atoms with van der Waals surface area (Å²) in [5, 5.41) is 6.10. The Balaban J connectivity index is -0.000000291. The molecule has 0 aromatic heterocycles. The van der Waals surface area contributed by atoms with Gasteiger partial charge in [-0.3, -0.25) is 9.59 Å². The van der Waals surface area contributed by atoms with Crippen LogP contribution in [0.1, 0.15) is 178 Å². The van der Waals surface area contributed by atoms with Crippen LogP contribution in [0.25, 0.3) is 0 Å². The average molecular weight is 915 g/mol. The highest BCUT2D eigenvalue weighted by Crippen LogP contribution is 2.26. The second kappa shape index (κ2) is 54.6. The lowest BCUT2D eigenvalue weighted by molar-refractivity contribution is -0.118. The summed E-state index contributed by atoms with van der Waals surface area (Å²) in [5.74, 6) is -0.147. The van der Waals surface area contributed by atoms with E-state index in [9.17, 15) is 9.59 Å². The van der Waals surface area contributed by atoms with Gasteiger partial charge < -0.3 is 10.6 Å². The molecule has 0 radical (unpaired) electrons. The van der Waals surface area contributed by atoms with Crippen LogP contribution in [0.4, 0.5) is 11.4 Å². The number of amides is 2. The minimum Gasteiger partial charge on any atom is -0.326 e. The third-order valence-electron chi connectivity index (χ3n) is 8.72. The second-order valence-corrected chi connectivity index (χ2v) is 12.4. The van der Waals surface area contributed by atoms with Crippen LogP contribution in [0.5, 0.6) is 0 Å². The van der Waals surface area contributed by atoms with Crippen LogP contribution in [0.3, 0.4) is 0 Å². The highest BCUT2D eigenvalue weighted by Gasteiger charge is 2.21. The quantitative estimate of drug-likeness (QED) is 0.114. The van der Waals surface area contributed by atoms with E-state index in [1.54, 1.807) is 0 Å². The Morgan fingerprint density at radius 2 is 0.537 bits per heavy atom. The molecule has 67 heavy (non-hydrogen) atoms. The lowest BCUT2D eigenvalue weighted by atomic mass is 9.91. The van der Waals surface area contributed by atoms with Crippen LogP contribution in [0, 0.1) is 0 Å². The zero-order valence-corrected chi connectivity index (χ0v) is 44.5. The first kappa shape index (κ1) is 70.3. The molecular formula is C63H98N2O2. The van der Waals surface area contributed by atoms with E-state index < -0.39 is 0 Å². The van der Waals surface area contributed by atoms with E-state index in [1.807, 2.05) is 244 Å². The van der Waals surface area contributed by atoms with E-state index in [4.69, 9.17) is 0 Å². The molecule has 0 unspecified atom stereocenters. The predicted molar refractivity (Wildman–Crippen MR) is 305 cm³/mol. The summed E-state index contributed by atoms with van der Waals surface area (Å²) >= 11 is 0. The molecule has 372 valence electrons. The van der Waals surface area contributed by atoms with Gasteiger partial charge in [-0.15, -0.1) is 0 Å². The molecule has 0 saturated carbocycles. The van der Waals surface area contributed by atoms with Crippen molar-refractivity contribution >= 4 is 23.2 Å². The number of anilines is 2. The lowest BCUT2D eigenvalue weighted by Crippen LogP contribution is -2.21. The molecule has 0 bridgehead atoms. The van der Waals surface area contributed by atoms with Crippen LogP contribution in [-0.2, 0) is 22.4 Å². The first-order chi connectivity index (χ1) is 32.7. The van der Waals surface area contributed by atoms with Gasteiger partial charge in [0.15, 0.2) is 0 Å². The molecule has 0 fully saturated rings. The van der Waals surface area contributed by atoms with E-state index in [-0.39, 0.29) is 31.1 Å². The van der Waals surface area contributed by atoms with E-state index in [0.29, 0.717) is 0 Å². The van der Waals surface area contributed by atoms with Gasteiger partial charge in [0.1, 0.15) is 0 Å². The highest BCUT2D eigenvalue weighted by atomic mass is 16.2. The molecule has 6 aromatic rings. The standard InChI is InChI=1S/2C23H23NO.8C2H6.CH4/c2*25-23(24-21-16-8-3-9-17-21)22(20-14-6-2-7-15-20)18-10-13-19-11-4-1-5-12-19;8*1-2;/h2*1-9,11-12,14-17,22H,10,13,18H2,(H,24,25);8*1-2H3;1H4/t2*22-;;;;;;;;;/m10........./s1. The third-order valence-corrected chi connectivity index (χ3v) is 8.72. The molecule has 0 aliphatic heterocycles. The molecule has 0 spiro atoms. The lowest BCUT2D eigenvalue weighted by Gasteiger charge is -2.17. The summed E-state index contributed by atoms with van der Waals surface area (Å²) in [4.78, 5) is 25.7. The molecule has 0 aliphatic rings. The van der Waals surface area contributed by atoms with Crippen LogP contribution in [-0.4, -0.2) is 11.8 Å². The molecule has 0 heterocycles. The van der Waals surface area contributed by atoms with Crippen molar-refractivity contribution in [1.82, 2.24) is 0 Å². The van der Waals surface area contributed by atoms with Gasteiger partial charge in [0.05, 0.1) is 11.8 Å². The van der Waals surface area contributed by atoms with Crippen molar-refractivity contribution < 1.29 is 9.59 Å².